The van der Waals surface area contributed by atoms with Gasteiger partial charge in [0.25, 0.3) is 5.91 Å². The summed E-state index contributed by atoms with van der Waals surface area (Å²) in [5.74, 6) is -0.559. The number of aryl methyl sites for hydroxylation is 1. The molecule has 1 heterocycles. The second-order valence-electron chi connectivity index (χ2n) is 4.96. The van der Waals surface area contributed by atoms with Gasteiger partial charge in [0.2, 0.25) is 0 Å². The van der Waals surface area contributed by atoms with Crippen molar-refractivity contribution in [3.05, 3.63) is 35.1 Å². The van der Waals surface area contributed by atoms with Gasteiger partial charge in [-0.2, -0.15) is 0 Å². The molecule has 2 atom stereocenters. The quantitative estimate of drug-likeness (QED) is 0.878. The van der Waals surface area contributed by atoms with E-state index in [1.165, 1.54) is 12.1 Å². The van der Waals surface area contributed by atoms with Crippen molar-refractivity contribution in [3.8, 4) is 0 Å². The maximum Gasteiger partial charge on any atom is 0.254 e. The Kier molecular flexibility index (Phi) is 4.17. The van der Waals surface area contributed by atoms with Crippen molar-refractivity contribution in [1.82, 2.24) is 4.90 Å². The van der Waals surface area contributed by atoms with E-state index in [2.05, 4.69) is 0 Å². The molecule has 1 aromatic carbocycles. The molecule has 1 aliphatic rings. The fourth-order valence-corrected chi connectivity index (χ4v) is 2.22. The Morgan fingerprint density at radius 1 is 1.58 bits per heavy atom. The van der Waals surface area contributed by atoms with Crippen molar-refractivity contribution in [1.29, 1.82) is 0 Å². The van der Waals surface area contributed by atoms with Crippen molar-refractivity contribution in [2.45, 2.75) is 26.0 Å². The summed E-state index contributed by atoms with van der Waals surface area (Å²) < 4.78 is 18.8. The Labute approximate surface area is 112 Å². The first-order valence-corrected chi connectivity index (χ1v) is 6.41. The lowest BCUT2D eigenvalue weighted by Gasteiger charge is -2.38. The molecule has 1 fully saturated rings. The molecule has 0 spiro atoms. The second kappa shape index (κ2) is 5.67. The summed E-state index contributed by atoms with van der Waals surface area (Å²) in [6.45, 7) is 5.00. The zero-order valence-corrected chi connectivity index (χ0v) is 11.2. The van der Waals surface area contributed by atoms with E-state index in [1.807, 2.05) is 6.92 Å². The average Bonchev–Trinajstić information content (AvgIpc) is 2.41. The van der Waals surface area contributed by atoms with Gasteiger partial charge in [-0.1, -0.05) is 6.07 Å². The van der Waals surface area contributed by atoms with Crippen molar-refractivity contribution >= 4 is 5.91 Å². The van der Waals surface area contributed by atoms with Gasteiger partial charge in [0.05, 0.1) is 18.8 Å². The average molecular weight is 266 g/mol. The fraction of sp³-hybridized carbons (Fsp3) is 0.500. The first kappa shape index (κ1) is 14.0. The van der Waals surface area contributed by atoms with Crippen LogP contribution in [0.1, 0.15) is 22.8 Å². The largest absolute Gasteiger partial charge is 0.373 e. The van der Waals surface area contributed by atoms with E-state index >= 15 is 0 Å². The topological polar surface area (TPSA) is 55.6 Å². The summed E-state index contributed by atoms with van der Waals surface area (Å²) in [7, 11) is 0. The van der Waals surface area contributed by atoms with Gasteiger partial charge >= 0.3 is 0 Å². The van der Waals surface area contributed by atoms with Gasteiger partial charge in [-0.15, -0.1) is 0 Å². The molecule has 2 N–H and O–H groups in total. The number of carbonyl (C=O) groups is 1. The van der Waals surface area contributed by atoms with Crippen molar-refractivity contribution in [2.24, 2.45) is 5.73 Å². The zero-order valence-electron chi connectivity index (χ0n) is 11.2. The lowest BCUT2D eigenvalue weighted by Crippen LogP contribution is -2.53. The van der Waals surface area contributed by atoms with E-state index in [1.54, 1.807) is 17.9 Å². The number of benzene rings is 1. The molecule has 0 bridgehead atoms. The molecule has 1 aliphatic heterocycles. The highest BCUT2D eigenvalue weighted by atomic mass is 19.1. The standard InChI is InChI=1S/C14H19FN2O2/c1-9-3-4-11(15)5-13(9)14(18)17-7-12(6-16)19-8-10(17)2/h3-5,10,12H,6-8,16H2,1-2H3. The number of morpholine rings is 1. The number of carbonyl (C=O) groups excluding carboxylic acids is 1. The van der Waals surface area contributed by atoms with Crippen LogP contribution >= 0.6 is 0 Å². The number of hydrogen-bond acceptors (Lipinski definition) is 3. The van der Waals surface area contributed by atoms with Crippen molar-refractivity contribution < 1.29 is 13.9 Å². The van der Waals surface area contributed by atoms with Crippen LogP contribution in [0.3, 0.4) is 0 Å². The predicted molar refractivity (Wildman–Crippen MR) is 70.4 cm³/mol. The number of ether oxygens (including phenoxy) is 1. The monoisotopic (exact) mass is 266 g/mol. The SMILES string of the molecule is Cc1ccc(F)cc1C(=O)N1CC(CN)OCC1C. The fourth-order valence-electron chi connectivity index (χ4n) is 2.22. The summed E-state index contributed by atoms with van der Waals surface area (Å²) >= 11 is 0. The molecule has 2 unspecified atom stereocenters. The van der Waals surface area contributed by atoms with E-state index in [0.717, 1.165) is 5.56 Å². The zero-order chi connectivity index (χ0) is 14.0. The van der Waals surface area contributed by atoms with Gasteiger partial charge in [0.15, 0.2) is 0 Å². The van der Waals surface area contributed by atoms with Crippen LogP contribution in [-0.2, 0) is 4.74 Å². The highest BCUT2D eigenvalue weighted by molar-refractivity contribution is 5.96. The predicted octanol–water partition coefficient (Wildman–Crippen LogP) is 1.32. The van der Waals surface area contributed by atoms with E-state index in [-0.39, 0.29) is 18.1 Å². The first-order valence-electron chi connectivity index (χ1n) is 6.41. The van der Waals surface area contributed by atoms with Crippen molar-refractivity contribution in [2.75, 3.05) is 19.7 Å². The second-order valence-corrected chi connectivity index (χ2v) is 4.96. The first-order chi connectivity index (χ1) is 9.02. The molecule has 19 heavy (non-hydrogen) atoms. The third-order valence-electron chi connectivity index (χ3n) is 3.46. The smallest absolute Gasteiger partial charge is 0.254 e. The Hall–Kier alpha value is -1.46. The molecule has 1 saturated heterocycles. The van der Waals surface area contributed by atoms with Gasteiger partial charge in [0, 0.05) is 18.7 Å². The Balaban J connectivity index is 2.24. The number of rotatable bonds is 2. The molecule has 0 radical (unpaired) electrons. The Morgan fingerprint density at radius 2 is 2.32 bits per heavy atom. The molecular formula is C14H19FN2O2. The van der Waals surface area contributed by atoms with E-state index < -0.39 is 5.82 Å². The number of hydrogen-bond donors (Lipinski definition) is 1. The lowest BCUT2D eigenvalue weighted by molar-refractivity contribution is -0.0426. The van der Waals surface area contributed by atoms with E-state index in [4.69, 9.17) is 10.5 Å². The van der Waals surface area contributed by atoms with Gasteiger partial charge in [0.1, 0.15) is 5.82 Å². The van der Waals surface area contributed by atoms with Crippen LogP contribution in [0.4, 0.5) is 4.39 Å². The Bertz CT molecular complexity index is 479. The molecular weight excluding hydrogens is 247 g/mol. The Morgan fingerprint density at radius 3 is 3.00 bits per heavy atom. The molecule has 0 aromatic heterocycles. The highest BCUT2D eigenvalue weighted by Crippen LogP contribution is 2.18. The van der Waals surface area contributed by atoms with Crippen LogP contribution in [0.15, 0.2) is 18.2 Å². The lowest BCUT2D eigenvalue weighted by atomic mass is 10.1. The highest BCUT2D eigenvalue weighted by Gasteiger charge is 2.30. The molecule has 1 aromatic rings. The molecule has 2 rings (SSSR count). The summed E-state index contributed by atoms with van der Waals surface area (Å²) in [4.78, 5) is 14.2. The number of amides is 1. The molecule has 0 saturated carbocycles. The summed E-state index contributed by atoms with van der Waals surface area (Å²) in [6, 6.07) is 4.24. The molecule has 104 valence electrons. The van der Waals surface area contributed by atoms with E-state index in [9.17, 15) is 9.18 Å². The maximum atomic E-state index is 13.3. The summed E-state index contributed by atoms with van der Waals surface area (Å²) in [5.41, 5.74) is 6.76. The molecule has 1 amide bonds. The summed E-state index contributed by atoms with van der Waals surface area (Å²) in [6.07, 6.45) is -0.144. The van der Waals surface area contributed by atoms with Gasteiger partial charge in [-0.3, -0.25) is 4.79 Å². The number of halogens is 1. The molecule has 5 heteroatoms. The molecule has 0 aliphatic carbocycles. The van der Waals surface area contributed by atoms with Crippen LogP contribution < -0.4 is 5.73 Å². The van der Waals surface area contributed by atoms with Crippen LogP contribution in [0, 0.1) is 12.7 Å². The normalized spacial score (nSPS) is 23.5. The third kappa shape index (κ3) is 2.93. The van der Waals surface area contributed by atoms with Gasteiger partial charge in [-0.05, 0) is 31.5 Å². The maximum absolute atomic E-state index is 13.3. The van der Waals surface area contributed by atoms with Crippen LogP contribution in [0.2, 0.25) is 0 Å². The molecule has 4 nitrogen and oxygen atoms in total. The minimum Gasteiger partial charge on any atom is -0.373 e. The number of nitrogens with two attached hydrogens (primary N) is 1. The van der Waals surface area contributed by atoms with E-state index in [0.29, 0.717) is 25.3 Å². The van der Waals surface area contributed by atoms with Crippen molar-refractivity contribution in [3.63, 3.8) is 0 Å². The third-order valence-corrected chi connectivity index (χ3v) is 3.46. The minimum absolute atomic E-state index is 0.0297. The van der Waals surface area contributed by atoms with Crippen LogP contribution in [-0.4, -0.2) is 42.6 Å². The van der Waals surface area contributed by atoms with Crippen LogP contribution in [0.5, 0.6) is 0 Å². The summed E-state index contributed by atoms with van der Waals surface area (Å²) in [5, 5.41) is 0. The minimum atomic E-state index is -0.398. The van der Waals surface area contributed by atoms with Crippen LogP contribution in [0.25, 0.3) is 0 Å². The van der Waals surface area contributed by atoms with Gasteiger partial charge in [-0.25, -0.2) is 4.39 Å². The van der Waals surface area contributed by atoms with Gasteiger partial charge < -0.3 is 15.4 Å². The number of nitrogens with zero attached hydrogens (tertiary/aromatic N) is 1.